The van der Waals surface area contributed by atoms with Crippen molar-refractivity contribution >= 4 is 26.9 Å². The lowest BCUT2D eigenvalue weighted by Crippen LogP contribution is -2.37. The zero-order valence-electron chi connectivity index (χ0n) is 16.9. The molecule has 1 aliphatic rings. The Hall–Kier alpha value is -2.92. The molecule has 0 amide bonds. The highest BCUT2D eigenvalue weighted by atomic mass is 32.2. The second-order valence-corrected chi connectivity index (χ2v) is 9.32. The van der Waals surface area contributed by atoms with Gasteiger partial charge < -0.3 is 9.88 Å². The fraction of sp³-hybridized carbons (Fsp3) is 0.421. The van der Waals surface area contributed by atoms with Crippen LogP contribution in [0.4, 0.5) is 5.69 Å². The first-order chi connectivity index (χ1) is 14.3. The average molecular weight is 433 g/mol. The maximum absolute atomic E-state index is 12.7. The largest absolute Gasteiger partial charge is 0.383 e. The summed E-state index contributed by atoms with van der Waals surface area (Å²) in [5.41, 5.74) is 0.546. The molecule has 0 atom stereocenters. The molecule has 160 valence electrons. The van der Waals surface area contributed by atoms with Crippen LogP contribution in [0.2, 0.25) is 0 Å². The summed E-state index contributed by atoms with van der Waals surface area (Å²) in [7, 11) is -0.464. The summed E-state index contributed by atoms with van der Waals surface area (Å²) in [5, 5.41) is 3.20. The van der Waals surface area contributed by atoms with Crippen molar-refractivity contribution in [1.82, 2.24) is 23.0 Å². The smallest absolute Gasteiger partial charge is 0.332 e. The molecule has 0 saturated carbocycles. The number of anilines is 1. The Morgan fingerprint density at radius 1 is 1.10 bits per heavy atom. The van der Waals surface area contributed by atoms with E-state index in [1.807, 2.05) is 0 Å². The molecule has 0 radical (unpaired) electrons. The summed E-state index contributed by atoms with van der Waals surface area (Å²) in [4.78, 5) is 29.0. The zero-order chi connectivity index (χ0) is 21.5. The molecule has 2 aromatic heterocycles. The Bertz CT molecular complexity index is 1320. The Balaban J connectivity index is 1.52. The van der Waals surface area contributed by atoms with Gasteiger partial charge in [-0.3, -0.25) is 13.9 Å². The van der Waals surface area contributed by atoms with Crippen LogP contribution in [0, 0.1) is 0 Å². The first-order valence-electron chi connectivity index (χ1n) is 9.75. The third-order valence-corrected chi connectivity index (χ3v) is 7.33. The van der Waals surface area contributed by atoms with E-state index in [0.717, 1.165) is 17.4 Å². The van der Waals surface area contributed by atoms with Crippen LogP contribution in [0.3, 0.4) is 0 Å². The minimum Gasteiger partial charge on any atom is -0.383 e. The predicted molar refractivity (Wildman–Crippen MR) is 113 cm³/mol. The lowest BCUT2D eigenvalue weighted by Gasteiger charge is -2.16. The maximum Gasteiger partial charge on any atom is 0.332 e. The topological polar surface area (TPSA) is 111 Å². The Kier molecular flexibility index (Phi) is 5.24. The van der Waals surface area contributed by atoms with E-state index in [-0.39, 0.29) is 4.90 Å². The lowest BCUT2D eigenvalue weighted by atomic mass is 10.3. The number of nitrogens with zero attached hydrogens (tertiary/aromatic N) is 5. The van der Waals surface area contributed by atoms with Crippen LogP contribution in [0.5, 0.6) is 0 Å². The summed E-state index contributed by atoms with van der Waals surface area (Å²) < 4.78 is 31.1. The van der Waals surface area contributed by atoms with Crippen molar-refractivity contribution in [3.8, 4) is 0 Å². The van der Waals surface area contributed by atoms with Crippen LogP contribution in [-0.4, -0.2) is 51.0 Å². The van der Waals surface area contributed by atoms with E-state index in [1.54, 1.807) is 35.9 Å². The molecule has 1 aliphatic heterocycles. The number of imidazole rings is 1. The van der Waals surface area contributed by atoms with Gasteiger partial charge in [0.2, 0.25) is 10.0 Å². The molecule has 0 aliphatic carbocycles. The summed E-state index contributed by atoms with van der Waals surface area (Å²) in [5.74, 6) is 0. The van der Waals surface area contributed by atoms with E-state index in [1.165, 1.54) is 22.2 Å². The number of hydrogen-bond acceptors (Lipinski definition) is 6. The number of aromatic nitrogens is 4. The zero-order valence-corrected chi connectivity index (χ0v) is 17.7. The molecule has 10 nitrogen and oxygen atoms in total. The Morgan fingerprint density at radius 2 is 1.83 bits per heavy atom. The minimum absolute atomic E-state index is 0.270. The molecule has 11 heteroatoms. The summed E-state index contributed by atoms with van der Waals surface area (Å²) >= 11 is 0. The van der Waals surface area contributed by atoms with Gasteiger partial charge in [0.15, 0.2) is 11.2 Å². The van der Waals surface area contributed by atoms with Crippen LogP contribution >= 0.6 is 0 Å². The summed E-state index contributed by atoms with van der Waals surface area (Å²) in [6.45, 7) is 1.99. The molecule has 1 aromatic carbocycles. The lowest BCUT2D eigenvalue weighted by molar-refractivity contribution is 0.477. The Labute approximate surface area is 173 Å². The molecule has 0 unspecified atom stereocenters. The van der Waals surface area contributed by atoms with Crippen molar-refractivity contribution < 1.29 is 8.42 Å². The molecular formula is C19H24N6O4S. The van der Waals surface area contributed by atoms with Crippen molar-refractivity contribution in [3.05, 3.63) is 51.4 Å². The first kappa shape index (κ1) is 20.4. The SMILES string of the molecule is Cn1c(=O)c2c(ncn2CCNc2cccc(S(=O)(=O)N3CCCC3)c2)n(C)c1=O. The number of hydrogen-bond donors (Lipinski definition) is 1. The number of nitrogens with one attached hydrogen (secondary N) is 1. The summed E-state index contributed by atoms with van der Waals surface area (Å²) in [6, 6.07) is 6.75. The molecular weight excluding hydrogens is 408 g/mol. The van der Waals surface area contributed by atoms with Crippen molar-refractivity contribution in [2.75, 3.05) is 25.0 Å². The van der Waals surface area contributed by atoms with E-state index < -0.39 is 21.3 Å². The second kappa shape index (κ2) is 7.73. The number of sulfonamides is 1. The van der Waals surface area contributed by atoms with Gasteiger partial charge in [-0.05, 0) is 31.0 Å². The number of rotatable bonds is 6. The molecule has 1 saturated heterocycles. The van der Waals surface area contributed by atoms with Crippen molar-refractivity contribution in [2.24, 2.45) is 14.1 Å². The molecule has 30 heavy (non-hydrogen) atoms. The highest BCUT2D eigenvalue weighted by Crippen LogP contribution is 2.23. The Morgan fingerprint density at radius 3 is 2.57 bits per heavy atom. The average Bonchev–Trinajstić information content (AvgIpc) is 3.42. The van der Waals surface area contributed by atoms with Crippen LogP contribution < -0.4 is 16.6 Å². The molecule has 0 spiro atoms. The monoisotopic (exact) mass is 432 g/mol. The first-order valence-corrected chi connectivity index (χ1v) is 11.2. The van der Waals surface area contributed by atoms with Gasteiger partial charge in [0.05, 0.1) is 11.2 Å². The quantitative estimate of drug-likeness (QED) is 0.601. The van der Waals surface area contributed by atoms with Gasteiger partial charge in [-0.2, -0.15) is 4.31 Å². The van der Waals surface area contributed by atoms with Crippen molar-refractivity contribution in [3.63, 3.8) is 0 Å². The minimum atomic E-state index is -3.48. The highest BCUT2D eigenvalue weighted by Gasteiger charge is 2.27. The number of fused-ring (bicyclic) bond motifs is 1. The molecule has 4 rings (SSSR count). The predicted octanol–water partition coefficient (Wildman–Crippen LogP) is 0.330. The van der Waals surface area contributed by atoms with E-state index in [4.69, 9.17) is 0 Å². The molecule has 1 fully saturated rings. The van der Waals surface area contributed by atoms with Gasteiger partial charge in [0, 0.05) is 46.0 Å². The third kappa shape index (κ3) is 3.43. The van der Waals surface area contributed by atoms with Gasteiger partial charge in [-0.1, -0.05) is 6.07 Å². The van der Waals surface area contributed by atoms with Gasteiger partial charge in [0.25, 0.3) is 5.56 Å². The normalized spacial score (nSPS) is 15.1. The van der Waals surface area contributed by atoms with Crippen LogP contribution in [0.25, 0.3) is 11.2 Å². The van der Waals surface area contributed by atoms with Gasteiger partial charge in [0.1, 0.15) is 0 Å². The standard InChI is InChI=1S/C19H24N6O4S/c1-22-17-16(18(26)23(2)19(22)27)24(13-21-17)11-8-20-14-6-5-7-15(12-14)30(28,29)25-9-3-4-10-25/h5-7,12-13,20H,3-4,8-11H2,1-2H3. The van der Waals surface area contributed by atoms with Gasteiger partial charge in [-0.25, -0.2) is 18.2 Å². The van der Waals surface area contributed by atoms with Crippen LogP contribution in [0.15, 0.2) is 45.1 Å². The van der Waals surface area contributed by atoms with Crippen LogP contribution in [0.1, 0.15) is 12.8 Å². The van der Waals surface area contributed by atoms with E-state index >= 15 is 0 Å². The molecule has 1 N–H and O–H groups in total. The number of benzene rings is 1. The fourth-order valence-corrected chi connectivity index (χ4v) is 5.29. The van der Waals surface area contributed by atoms with Gasteiger partial charge >= 0.3 is 5.69 Å². The van der Waals surface area contributed by atoms with Crippen LogP contribution in [-0.2, 0) is 30.7 Å². The van der Waals surface area contributed by atoms with Gasteiger partial charge in [-0.15, -0.1) is 0 Å². The van der Waals surface area contributed by atoms with E-state index in [9.17, 15) is 18.0 Å². The van der Waals surface area contributed by atoms with E-state index in [2.05, 4.69) is 10.3 Å². The molecule has 0 bridgehead atoms. The third-order valence-electron chi connectivity index (χ3n) is 5.44. The fourth-order valence-electron chi connectivity index (χ4n) is 3.73. The summed E-state index contributed by atoms with van der Waals surface area (Å²) in [6.07, 6.45) is 3.31. The van der Waals surface area contributed by atoms with Crippen molar-refractivity contribution in [1.29, 1.82) is 0 Å². The van der Waals surface area contributed by atoms with E-state index in [0.29, 0.717) is 43.0 Å². The highest BCUT2D eigenvalue weighted by molar-refractivity contribution is 7.89. The molecule has 3 heterocycles. The van der Waals surface area contributed by atoms with Crippen molar-refractivity contribution in [2.45, 2.75) is 24.3 Å². The maximum atomic E-state index is 12.7. The molecule has 3 aromatic rings. The second-order valence-electron chi connectivity index (χ2n) is 7.38. The number of aryl methyl sites for hydroxylation is 1.